The van der Waals surface area contributed by atoms with Crippen LogP contribution < -0.4 is 0 Å². The maximum absolute atomic E-state index is 3.35. The van der Waals surface area contributed by atoms with E-state index in [0.717, 1.165) is 0 Å². The van der Waals surface area contributed by atoms with Crippen LogP contribution in [0.4, 0.5) is 0 Å². The second-order valence-electron chi connectivity index (χ2n) is 23.4. The highest BCUT2D eigenvalue weighted by Gasteiger charge is 2.55. The zero-order valence-corrected chi connectivity index (χ0v) is 60.0. The summed E-state index contributed by atoms with van der Waals surface area (Å²) < 4.78 is 26.8. The first-order valence-corrected chi connectivity index (χ1v) is 40.6. The van der Waals surface area contributed by atoms with Crippen molar-refractivity contribution < 1.29 is 0 Å². The molecule has 0 heterocycles. The Hall–Kier alpha value is 1.40. The average Bonchev–Trinajstić information content (AvgIpc) is 3.56. The van der Waals surface area contributed by atoms with Crippen LogP contribution in [0.1, 0.15) is 316 Å². The Labute approximate surface area is 499 Å². The van der Waals surface area contributed by atoms with Crippen LogP contribution in [0.5, 0.6) is 0 Å². The van der Waals surface area contributed by atoms with Crippen LogP contribution in [-0.4, -0.2) is 153 Å². The molecule has 0 rings (SSSR count). The number of hydrogen-bond acceptors (Lipinski definition) is 8. The highest BCUT2D eigenvalue weighted by molar-refractivity contribution is 7.78. The molecule has 0 aliphatic rings. The van der Waals surface area contributed by atoms with E-state index < -0.39 is 32.9 Å². The van der Waals surface area contributed by atoms with Crippen LogP contribution in [0.2, 0.25) is 0 Å². The predicted octanol–water partition coefficient (Wildman–Crippen LogP) is 22.1. The summed E-state index contributed by atoms with van der Waals surface area (Å²) in [6, 6.07) is 0. The van der Waals surface area contributed by atoms with Gasteiger partial charge in [-0.15, -0.1) is 0 Å². The molecule has 0 aromatic heterocycles. The largest absolute Gasteiger partial charge is 0.269 e. The highest BCUT2D eigenvalue weighted by atomic mass is 31.2. The van der Waals surface area contributed by atoms with Crippen LogP contribution in [0.25, 0.3) is 0 Å². The Morgan fingerprint density at radius 2 is 0.231 bits per heavy atom. The fourth-order valence-electron chi connectivity index (χ4n) is 10.7. The molecular formula is C66H146N8P4. The van der Waals surface area contributed by atoms with Crippen molar-refractivity contribution in [3.63, 3.8) is 0 Å². The van der Waals surface area contributed by atoms with Crippen molar-refractivity contribution >= 4 is 32.9 Å². The number of unbranched alkanes of at least 4 members (excludes halogenated alkanes) is 16. The minimum Gasteiger partial charge on any atom is -0.269 e. The third kappa shape index (κ3) is 32.8. The summed E-state index contributed by atoms with van der Waals surface area (Å²) in [5.41, 5.74) is 0. The molecule has 0 fully saturated rings. The molecule has 0 atom stereocenters. The van der Waals surface area contributed by atoms with Gasteiger partial charge in [0.25, 0.3) is 0 Å². The summed E-state index contributed by atoms with van der Waals surface area (Å²) >= 11 is 0. The van der Waals surface area contributed by atoms with Crippen LogP contribution in [0.3, 0.4) is 0 Å². The molecule has 0 saturated heterocycles. The van der Waals surface area contributed by atoms with E-state index >= 15 is 0 Å². The van der Waals surface area contributed by atoms with Crippen LogP contribution >= 0.6 is 32.9 Å². The number of hydrogen-bond donors (Lipinski definition) is 0. The molecule has 12 heteroatoms. The van der Waals surface area contributed by atoms with Gasteiger partial charge in [-0.05, 0) is 103 Å². The molecule has 0 amide bonds. The lowest BCUT2D eigenvalue weighted by Crippen LogP contribution is -2.50. The maximum atomic E-state index is 3.35. The minimum absolute atomic E-state index is 0.574. The number of rotatable bonds is 61. The summed E-state index contributed by atoms with van der Waals surface area (Å²) in [5, 5.41) is 1.15. The van der Waals surface area contributed by atoms with Gasteiger partial charge in [0, 0.05) is 105 Å². The van der Waals surface area contributed by atoms with Gasteiger partial charge in [-0.1, -0.05) is 214 Å². The summed E-state index contributed by atoms with van der Waals surface area (Å²) in [7, 11) is -2.92. The third-order valence-electron chi connectivity index (χ3n) is 15.8. The monoisotopic (exact) mass is 1180 g/mol. The first-order valence-electron chi connectivity index (χ1n) is 35.3. The predicted molar refractivity (Wildman–Crippen MR) is 366 cm³/mol. The van der Waals surface area contributed by atoms with Crippen molar-refractivity contribution in [3.05, 3.63) is 0 Å². The van der Waals surface area contributed by atoms with E-state index in [0.29, 0.717) is 10.8 Å². The fourth-order valence-corrected chi connectivity index (χ4v) is 29.1. The average molecular weight is 1180 g/mol. The molecule has 8 nitrogen and oxygen atoms in total. The van der Waals surface area contributed by atoms with Gasteiger partial charge in [0.2, 0.25) is 0 Å². The molecule has 0 N–H and O–H groups in total. The zero-order chi connectivity index (χ0) is 58.0. The molecular weight excluding hydrogens is 1030 g/mol. The molecule has 0 aliphatic carbocycles. The summed E-state index contributed by atoms with van der Waals surface area (Å²) in [6.45, 7) is 60.3. The maximum Gasteiger partial charge on any atom is 0.0690 e. The second kappa shape index (κ2) is 56.2. The van der Waals surface area contributed by atoms with Gasteiger partial charge in [-0.2, -0.15) is 0 Å². The van der Waals surface area contributed by atoms with E-state index in [1.807, 2.05) is 0 Å². The van der Waals surface area contributed by atoms with Crippen LogP contribution in [-0.2, 0) is 0 Å². The fraction of sp³-hybridized carbons (Fsp3) is 1.00. The van der Waals surface area contributed by atoms with Gasteiger partial charge in [-0.3, -0.25) is 37.4 Å². The van der Waals surface area contributed by atoms with Gasteiger partial charge in [-0.25, -0.2) is 0 Å². The van der Waals surface area contributed by atoms with Crippen molar-refractivity contribution in [1.82, 2.24) is 37.4 Å². The molecule has 0 unspecified atom stereocenters. The van der Waals surface area contributed by atoms with E-state index in [1.54, 1.807) is 0 Å². The molecule has 0 saturated carbocycles. The second-order valence-corrected chi connectivity index (χ2v) is 33.5. The van der Waals surface area contributed by atoms with Gasteiger partial charge in [0.1, 0.15) is 0 Å². The molecule has 0 radical (unpaired) electrons. The van der Waals surface area contributed by atoms with E-state index in [1.165, 1.54) is 310 Å². The summed E-state index contributed by atoms with van der Waals surface area (Å²) in [6.07, 6.45) is 41.6. The zero-order valence-electron chi connectivity index (χ0n) is 56.5. The van der Waals surface area contributed by atoms with Gasteiger partial charge in [0.05, 0.1) is 43.7 Å². The van der Waals surface area contributed by atoms with Gasteiger partial charge in [0.15, 0.2) is 0 Å². The Balaban J connectivity index is 11.1. The lowest BCUT2D eigenvalue weighted by atomic mass is 10.3. The Bertz CT molecular complexity index is 906. The van der Waals surface area contributed by atoms with Crippen molar-refractivity contribution in [2.45, 2.75) is 327 Å². The molecule has 0 spiro atoms. The van der Waals surface area contributed by atoms with E-state index in [4.69, 9.17) is 0 Å². The van der Waals surface area contributed by atoms with Gasteiger partial charge >= 0.3 is 0 Å². The quantitative estimate of drug-likeness (QED) is 0.0556. The minimum atomic E-state index is -0.730. The first-order chi connectivity index (χ1) is 38.2. The summed E-state index contributed by atoms with van der Waals surface area (Å²) in [5.74, 6) is 0. The highest BCUT2D eigenvalue weighted by Crippen LogP contribution is 2.78. The first kappa shape index (κ1) is 79.4. The standard InChI is InChI=1S/C66H146N8P4/c1-17-33-49-67(50-34-18-2)75(68(51-35-19-3)52-36-20-4)65(76(69(53-37-21-5)54-38-22-6)70(55-39-23-7)56-40-24-8)66(77(71(57-41-25-9)58-42-26-10)72(59-43-27-11)60-44-28-12)78(73(61-45-29-13)62-46-30-14)74(63-47-31-15)64-48-32-16/h65-66H,17-64H2,1-16H3. The van der Waals surface area contributed by atoms with E-state index in [9.17, 15) is 0 Å². The smallest absolute Gasteiger partial charge is 0.0690 e. The van der Waals surface area contributed by atoms with Crippen LogP contribution in [0.15, 0.2) is 0 Å². The molecule has 0 aromatic rings. The molecule has 470 valence electrons. The normalized spacial score (nSPS) is 12.8. The Morgan fingerprint density at radius 1 is 0.154 bits per heavy atom. The van der Waals surface area contributed by atoms with Crippen molar-refractivity contribution in [2.24, 2.45) is 0 Å². The van der Waals surface area contributed by atoms with Crippen molar-refractivity contribution in [2.75, 3.05) is 105 Å². The third-order valence-corrected chi connectivity index (χ3v) is 30.2. The van der Waals surface area contributed by atoms with E-state index in [-0.39, 0.29) is 0 Å². The Morgan fingerprint density at radius 3 is 0.295 bits per heavy atom. The topological polar surface area (TPSA) is 25.9 Å². The lowest BCUT2D eigenvalue weighted by molar-refractivity contribution is 0.334. The number of nitrogens with zero attached hydrogens (tertiary/aromatic N) is 8. The summed E-state index contributed by atoms with van der Waals surface area (Å²) in [4.78, 5) is 0. The van der Waals surface area contributed by atoms with Crippen molar-refractivity contribution in [1.29, 1.82) is 0 Å². The van der Waals surface area contributed by atoms with Crippen LogP contribution in [0, 0.1) is 0 Å². The molecule has 0 aromatic carbocycles. The lowest BCUT2D eigenvalue weighted by Gasteiger charge is -2.59. The van der Waals surface area contributed by atoms with E-state index in [2.05, 4.69) is 148 Å². The molecule has 0 aliphatic heterocycles. The van der Waals surface area contributed by atoms with Gasteiger partial charge < -0.3 is 0 Å². The molecule has 78 heavy (non-hydrogen) atoms. The molecule has 0 bridgehead atoms. The SMILES string of the molecule is CCCCN(CCCC)P(C(C(P(N(CCCC)CCCC)N(CCCC)CCCC)P(N(CCCC)CCCC)N(CCCC)CCCC)P(N(CCCC)CCCC)N(CCCC)CCCC)N(CCCC)CCCC. The Kier molecular flexibility index (Phi) is 57.2. The van der Waals surface area contributed by atoms with Crippen molar-refractivity contribution in [3.8, 4) is 0 Å².